The zero-order valence-electron chi connectivity index (χ0n) is 6.36. The molecule has 0 aromatic heterocycles. The summed E-state index contributed by atoms with van der Waals surface area (Å²) in [6, 6.07) is 0. The monoisotopic (exact) mass is 164 g/mol. The summed E-state index contributed by atoms with van der Waals surface area (Å²) in [4.78, 5) is 23.7. The highest BCUT2D eigenvalue weighted by Gasteiger charge is 2.35. The van der Waals surface area contributed by atoms with Gasteiger partial charge >= 0.3 is 0 Å². The van der Waals surface area contributed by atoms with Crippen LogP contribution in [0.4, 0.5) is 0 Å². The van der Waals surface area contributed by atoms with Crippen molar-refractivity contribution in [2.24, 2.45) is 5.73 Å². The van der Waals surface area contributed by atoms with Gasteiger partial charge in [-0.05, 0) is 12.2 Å². The number of ketones is 2. The highest BCUT2D eigenvalue weighted by Crippen LogP contribution is 2.22. The maximum atomic E-state index is 11.2. The number of carbonyl (C=O) groups is 2. The molecular formula is C8H8N2O2. The first-order valence-corrected chi connectivity index (χ1v) is 3.69. The van der Waals surface area contributed by atoms with E-state index in [0.717, 1.165) is 0 Å². The fourth-order valence-corrected chi connectivity index (χ4v) is 1.15. The van der Waals surface area contributed by atoms with Crippen LogP contribution in [0.15, 0.2) is 23.9 Å². The van der Waals surface area contributed by atoms with E-state index in [2.05, 4.69) is 0 Å². The number of rotatable bonds is 1. The maximum Gasteiger partial charge on any atom is 0.202 e. The molecule has 0 aromatic carbocycles. The van der Waals surface area contributed by atoms with Gasteiger partial charge in [-0.15, -0.1) is 0 Å². The molecule has 1 saturated heterocycles. The van der Waals surface area contributed by atoms with Crippen LogP contribution in [-0.2, 0) is 9.59 Å². The van der Waals surface area contributed by atoms with E-state index >= 15 is 0 Å². The lowest BCUT2D eigenvalue weighted by Gasteiger charge is -2.07. The maximum absolute atomic E-state index is 11.2. The third kappa shape index (κ3) is 1.06. The van der Waals surface area contributed by atoms with Gasteiger partial charge in [-0.3, -0.25) is 9.59 Å². The number of nitrogens with two attached hydrogens (primary N) is 1. The van der Waals surface area contributed by atoms with Gasteiger partial charge in [0.25, 0.3) is 0 Å². The molecule has 1 aliphatic heterocycles. The number of nitrogens with zero attached hydrogens (tertiary/aromatic N) is 1. The summed E-state index contributed by atoms with van der Waals surface area (Å²) >= 11 is 0. The molecule has 0 saturated carbocycles. The van der Waals surface area contributed by atoms with Crippen LogP contribution < -0.4 is 5.73 Å². The second-order valence-corrected chi connectivity index (χ2v) is 2.85. The summed E-state index contributed by atoms with van der Waals surface area (Å²) in [6.07, 6.45) is 3.79. The van der Waals surface area contributed by atoms with Crippen LogP contribution >= 0.6 is 0 Å². The van der Waals surface area contributed by atoms with Gasteiger partial charge in [0.15, 0.2) is 5.78 Å². The molecule has 1 heterocycles. The highest BCUT2D eigenvalue weighted by atomic mass is 16.1. The Morgan fingerprint density at radius 3 is 2.67 bits per heavy atom. The first-order valence-electron chi connectivity index (χ1n) is 3.69. The largest absolute Gasteiger partial charge is 0.348 e. The lowest BCUT2D eigenvalue weighted by molar-refractivity contribution is -0.115. The predicted octanol–water partition coefficient (Wildman–Crippen LogP) is -0.821. The molecule has 1 aliphatic carbocycles. The van der Waals surface area contributed by atoms with E-state index < -0.39 is 0 Å². The molecule has 0 amide bonds. The van der Waals surface area contributed by atoms with Crippen LogP contribution in [0.3, 0.4) is 0 Å². The van der Waals surface area contributed by atoms with Crippen LogP contribution in [0.5, 0.6) is 0 Å². The minimum absolute atomic E-state index is 0.0838. The van der Waals surface area contributed by atoms with Crippen LogP contribution in [0.25, 0.3) is 0 Å². The number of hydrogen-bond donors (Lipinski definition) is 1. The molecule has 0 radical (unpaired) electrons. The molecule has 1 atom stereocenters. The highest BCUT2D eigenvalue weighted by molar-refractivity contribution is 6.17. The third-order valence-corrected chi connectivity index (χ3v) is 1.89. The lowest BCUT2D eigenvalue weighted by Crippen LogP contribution is -2.18. The summed E-state index contributed by atoms with van der Waals surface area (Å²) in [5.74, 6) is -0.286. The van der Waals surface area contributed by atoms with Crippen molar-refractivity contribution in [2.75, 3.05) is 6.54 Å². The van der Waals surface area contributed by atoms with Crippen LogP contribution in [0, 0.1) is 0 Å². The first kappa shape index (κ1) is 7.24. The third-order valence-electron chi connectivity index (χ3n) is 1.89. The summed E-state index contributed by atoms with van der Waals surface area (Å²) in [6.45, 7) is 0.665. The van der Waals surface area contributed by atoms with E-state index in [9.17, 15) is 9.59 Å². The normalized spacial score (nSPS) is 27.6. The van der Waals surface area contributed by atoms with Gasteiger partial charge in [0.2, 0.25) is 5.78 Å². The molecule has 2 aliphatic rings. The summed E-state index contributed by atoms with van der Waals surface area (Å²) in [5.41, 5.74) is 5.93. The van der Waals surface area contributed by atoms with Crippen molar-refractivity contribution >= 4 is 11.6 Å². The van der Waals surface area contributed by atoms with Crippen molar-refractivity contribution < 1.29 is 9.59 Å². The summed E-state index contributed by atoms with van der Waals surface area (Å²) < 4.78 is 0. The van der Waals surface area contributed by atoms with Gasteiger partial charge in [0.05, 0.1) is 18.4 Å². The van der Waals surface area contributed by atoms with Crippen molar-refractivity contribution in [3.8, 4) is 0 Å². The van der Waals surface area contributed by atoms with Gasteiger partial charge in [-0.2, -0.15) is 0 Å². The molecule has 1 fully saturated rings. The van der Waals surface area contributed by atoms with Crippen LogP contribution in [0.1, 0.15) is 0 Å². The Bertz CT molecular complexity index is 317. The van der Waals surface area contributed by atoms with E-state index in [1.165, 1.54) is 18.2 Å². The van der Waals surface area contributed by atoms with Gasteiger partial charge in [0.1, 0.15) is 0 Å². The Labute approximate surface area is 69.3 Å². The lowest BCUT2D eigenvalue weighted by atomic mass is 10.1. The van der Waals surface area contributed by atoms with Crippen molar-refractivity contribution in [1.29, 1.82) is 0 Å². The van der Waals surface area contributed by atoms with Crippen LogP contribution in [-0.4, -0.2) is 29.2 Å². The standard InChI is InChI=1S/C8H8N2O2/c9-8-4-10(8)6-3-5(11)1-2-7(6)12/h1-3,8H,4,9H2. The molecule has 62 valence electrons. The minimum Gasteiger partial charge on any atom is -0.348 e. The van der Waals surface area contributed by atoms with E-state index in [0.29, 0.717) is 12.2 Å². The SMILES string of the molecule is NC1CN1C1=CC(=O)C=CC1=O. The second kappa shape index (κ2) is 2.28. The Morgan fingerprint density at radius 2 is 2.08 bits per heavy atom. The molecule has 2 N–H and O–H groups in total. The molecule has 0 spiro atoms. The van der Waals surface area contributed by atoms with Crippen molar-refractivity contribution in [1.82, 2.24) is 4.90 Å². The Morgan fingerprint density at radius 1 is 1.42 bits per heavy atom. The molecule has 1 unspecified atom stereocenters. The molecule has 0 bridgehead atoms. The second-order valence-electron chi connectivity index (χ2n) is 2.85. The zero-order valence-corrected chi connectivity index (χ0v) is 6.36. The molecule has 4 heteroatoms. The van der Waals surface area contributed by atoms with Gasteiger partial charge in [-0.25, -0.2) is 0 Å². The number of hydrogen-bond acceptors (Lipinski definition) is 4. The summed E-state index contributed by atoms with van der Waals surface area (Å²) in [7, 11) is 0. The molecular weight excluding hydrogens is 156 g/mol. The predicted molar refractivity (Wildman–Crippen MR) is 41.9 cm³/mol. The Balaban J connectivity index is 2.23. The van der Waals surface area contributed by atoms with E-state index in [1.54, 1.807) is 4.90 Å². The van der Waals surface area contributed by atoms with Crippen molar-refractivity contribution in [3.05, 3.63) is 23.9 Å². The first-order chi connectivity index (χ1) is 5.68. The van der Waals surface area contributed by atoms with E-state index in [-0.39, 0.29) is 17.7 Å². The topological polar surface area (TPSA) is 63.2 Å². The Hall–Kier alpha value is -1.42. The molecule has 4 nitrogen and oxygen atoms in total. The number of allylic oxidation sites excluding steroid dienone is 3. The zero-order chi connectivity index (χ0) is 8.72. The molecule has 12 heavy (non-hydrogen) atoms. The molecule has 0 aromatic rings. The molecule has 2 rings (SSSR count). The van der Waals surface area contributed by atoms with Gasteiger partial charge in [0, 0.05) is 6.08 Å². The van der Waals surface area contributed by atoms with E-state index in [4.69, 9.17) is 5.73 Å². The van der Waals surface area contributed by atoms with Crippen molar-refractivity contribution in [3.63, 3.8) is 0 Å². The number of carbonyl (C=O) groups excluding carboxylic acids is 2. The quantitative estimate of drug-likeness (QED) is 0.406. The van der Waals surface area contributed by atoms with Gasteiger partial charge in [-0.1, -0.05) is 0 Å². The minimum atomic E-state index is -0.149. The average Bonchev–Trinajstić information content (AvgIpc) is 2.73. The smallest absolute Gasteiger partial charge is 0.202 e. The van der Waals surface area contributed by atoms with Crippen molar-refractivity contribution in [2.45, 2.75) is 6.17 Å². The summed E-state index contributed by atoms with van der Waals surface area (Å²) in [5, 5.41) is 0. The van der Waals surface area contributed by atoms with Crippen LogP contribution in [0.2, 0.25) is 0 Å². The van der Waals surface area contributed by atoms with Gasteiger partial charge < -0.3 is 10.6 Å². The van der Waals surface area contributed by atoms with E-state index in [1.807, 2.05) is 0 Å². The Kier molecular flexibility index (Phi) is 1.38. The average molecular weight is 164 g/mol. The fourth-order valence-electron chi connectivity index (χ4n) is 1.15. The fraction of sp³-hybridized carbons (Fsp3) is 0.250.